The van der Waals surface area contributed by atoms with E-state index in [2.05, 4.69) is 10.6 Å². The number of carbonyl (C=O) groups is 2. The van der Waals surface area contributed by atoms with E-state index in [9.17, 15) is 24.2 Å². The van der Waals surface area contributed by atoms with Crippen molar-refractivity contribution in [1.29, 1.82) is 0 Å². The van der Waals surface area contributed by atoms with E-state index >= 15 is 0 Å². The Bertz CT molecular complexity index is 651. The first-order valence-corrected chi connectivity index (χ1v) is 9.66. The zero-order valence-electron chi connectivity index (χ0n) is 16.2. The Morgan fingerprint density at radius 1 is 1.07 bits per heavy atom. The Balaban J connectivity index is 1.80. The molecular formula is C20H29FN2O5. The first kappa shape index (κ1) is 22.3. The molecule has 7 nitrogen and oxygen atoms in total. The summed E-state index contributed by atoms with van der Waals surface area (Å²) in [7, 11) is 0. The number of halogens is 1. The number of rotatable bonds is 9. The first-order valence-electron chi connectivity index (χ1n) is 9.66. The molecule has 156 valence electrons. The molecule has 0 spiro atoms. The standard InChI is InChI=1S/C20H29FN2O5/c1-3-13(4-2)20(27)23-11-16-19(26)18(25)15(28-16)9-17(24)22-10-12-5-7-14(21)8-6-12/h5-8,13,15-16,18-19,25-26H,3-4,9-11H2,1-2H3,(H,22,24)(H,23,27)/t15-,16-,18-,19+/m0/s1. The number of nitrogens with one attached hydrogen (secondary N) is 2. The summed E-state index contributed by atoms with van der Waals surface area (Å²) in [4.78, 5) is 24.2. The van der Waals surface area contributed by atoms with Gasteiger partial charge in [0.25, 0.3) is 0 Å². The van der Waals surface area contributed by atoms with Crippen molar-refractivity contribution < 1.29 is 28.9 Å². The van der Waals surface area contributed by atoms with Gasteiger partial charge in [-0.2, -0.15) is 0 Å². The summed E-state index contributed by atoms with van der Waals surface area (Å²) in [5, 5.41) is 25.7. The van der Waals surface area contributed by atoms with Crippen LogP contribution in [0.4, 0.5) is 4.39 Å². The van der Waals surface area contributed by atoms with Gasteiger partial charge in [-0.1, -0.05) is 26.0 Å². The molecule has 4 atom stereocenters. The summed E-state index contributed by atoms with van der Waals surface area (Å²) in [6.07, 6.45) is -2.73. The number of amides is 2. The van der Waals surface area contributed by atoms with Gasteiger partial charge in [0, 0.05) is 19.0 Å². The Morgan fingerprint density at radius 3 is 2.29 bits per heavy atom. The predicted octanol–water partition coefficient (Wildman–Crippen LogP) is 0.874. The molecule has 0 aliphatic carbocycles. The highest BCUT2D eigenvalue weighted by Crippen LogP contribution is 2.23. The van der Waals surface area contributed by atoms with Crippen molar-refractivity contribution in [3.63, 3.8) is 0 Å². The zero-order chi connectivity index (χ0) is 20.7. The lowest BCUT2D eigenvalue weighted by Crippen LogP contribution is -2.41. The second-order valence-electron chi connectivity index (χ2n) is 7.06. The smallest absolute Gasteiger partial charge is 0.223 e. The SMILES string of the molecule is CCC(CC)C(=O)NC[C@@H]1O[C@@H](CC(=O)NCc2ccc(F)cc2)[C@H](O)[C@@H]1O. The number of hydrogen-bond donors (Lipinski definition) is 4. The number of aliphatic hydroxyl groups is 2. The first-order chi connectivity index (χ1) is 13.3. The predicted molar refractivity (Wildman–Crippen MR) is 101 cm³/mol. The van der Waals surface area contributed by atoms with Crippen molar-refractivity contribution in [1.82, 2.24) is 10.6 Å². The molecular weight excluding hydrogens is 367 g/mol. The average Bonchev–Trinajstić information content (AvgIpc) is 2.94. The molecule has 1 aromatic carbocycles. The average molecular weight is 396 g/mol. The van der Waals surface area contributed by atoms with E-state index in [-0.39, 0.29) is 43.1 Å². The van der Waals surface area contributed by atoms with E-state index in [1.54, 1.807) is 12.1 Å². The van der Waals surface area contributed by atoms with Gasteiger partial charge >= 0.3 is 0 Å². The van der Waals surface area contributed by atoms with Crippen molar-refractivity contribution in [3.05, 3.63) is 35.6 Å². The summed E-state index contributed by atoms with van der Waals surface area (Å²) in [6, 6.07) is 5.75. The van der Waals surface area contributed by atoms with Gasteiger partial charge in [-0.25, -0.2) is 4.39 Å². The van der Waals surface area contributed by atoms with E-state index in [1.165, 1.54) is 12.1 Å². The second kappa shape index (κ2) is 10.5. The lowest BCUT2D eigenvalue weighted by molar-refractivity contribution is -0.127. The van der Waals surface area contributed by atoms with Crippen molar-refractivity contribution in [3.8, 4) is 0 Å². The normalized spacial score (nSPS) is 24.4. The van der Waals surface area contributed by atoms with Crippen molar-refractivity contribution in [2.75, 3.05) is 6.54 Å². The largest absolute Gasteiger partial charge is 0.388 e. The Labute approximate surface area is 164 Å². The van der Waals surface area contributed by atoms with Crippen LogP contribution in [-0.2, 0) is 20.9 Å². The summed E-state index contributed by atoms with van der Waals surface area (Å²) in [6.45, 7) is 4.15. The Hall–Kier alpha value is -2.03. The lowest BCUT2D eigenvalue weighted by atomic mass is 10.0. The minimum atomic E-state index is -1.22. The summed E-state index contributed by atoms with van der Waals surface area (Å²) in [5.74, 6) is -0.927. The molecule has 0 saturated carbocycles. The number of aliphatic hydroxyl groups excluding tert-OH is 2. The van der Waals surface area contributed by atoms with Crippen LogP contribution in [0.5, 0.6) is 0 Å². The highest BCUT2D eigenvalue weighted by atomic mass is 19.1. The van der Waals surface area contributed by atoms with Crippen LogP contribution in [0.1, 0.15) is 38.7 Å². The fourth-order valence-electron chi connectivity index (χ4n) is 3.23. The quantitative estimate of drug-likeness (QED) is 0.496. The van der Waals surface area contributed by atoms with Gasteiger partial charge in [-0.3, -0.25) is 9.59 Å². The number of ether oxygens (including phenoxy) is 1. The highest BCUT2D eigenvalue weighted by molar-refractivity contribution is 5.78. The Morgan fingerprint density at radius 2 is 1.68 bits per heavy atom. The molecule has 1 aliphatic heterocycles. The summed E-state index contributed by atoms with van der Waals surface area (Å²) in [5.41, 5.74) is 0.740. The number of carbonyl (C=O) groups excluding carboxylic acids is 2. The van der Waals surface area contributed by atoms with E-state index in [4.69, 9.17) is 4.74 Å². The van der Waals surface area contributed by atoms with Crippen LogP contribution in [-0.4, -0.2) is 53.0 Å². The molecule has 1 saturated heterocycles. The van der Waals surface area contributed by atoms with Crippen LogP contribution < -0.4 is 10.6 Å². The van der Waals surface area contributed by atoms with E-state index in [0.29, 0.717) is 0 Å². The molecule has 2 amide bonds. The molecule has 2 rings (SSSR count). The van der Waals surface area contributed by atoms with E-state index < -0.39 is 24.4 Å². The number of hydrogen-bond acceptors (Lipinski definition) is 5. The van der Waals surface area contributed by atoms with Gasteiger partial charge < -0.3 is 25.6 Å². The highest BCUT2D eigenvalue weighted by Gasteiger charge is 2.43. The van der Waals surface area contributed by atoms with E-state index in [0.717, 1.165) is 18.4 Å². The third-order valence-corrected chi connectivity index (χ3v) is 5.08. The van der Waals surface area contributed by atoms with Crippen molar-refractivity contribution >= 4 is 11.8 Å². The molecule has 0 aromatic heterocycles. The maximum atomic E-state index is 12.9. The molecule has 0 unspecified atom stereocenters. The van der Waals surface area contributed by atoms with Crippen LogP contribution in [0, 0.1) is 11.7 Å². The van der Waals surface area contributed by atoms with Gasteiger partial charge in [0.1, 0.15) is 24.1 Å². The molecule has 4 N–H and O–H groups in total. The van der Waals surface area contributed by atoms with Gasteiger partial charge in [-0.05, 0) is 30.5 Å². The Kier molecular flexibility index (Phi) is 8.35. The molecule has 1 aromatic rings. The van der Waals surface area contributed by atoms with Gasteiger partial charge in [0.05, 0.1) is 12.5 Å². The minimum Gasteiger partial charge on any atom is -0.388 e. The molecule has 8 heteroatoms. The third kappa shape index (κ3) is 5.98. The fourth-order valence-corrected chi connectivity index (χ4v) is 3.23. The van der Waals surface area contributed by atoms with Crippen LogP contribution in [0.25, 0.3) is 0 Å². The molecule has 1 heterocycles. The number of benzene rings is 1. The van der Waals surface area contributed by atoms with E-state index in [1.807, 2.05) is 13.8 Å². The second-order valence-corrected chi connectivity index (χ2v) is 7.06. The lowest BCUT2D eigenvalue weighted by Gasteiger charge is -2.18. The maximum Gasteiger partial charge on any atom is 0.223 e. The third-order valence-electron chi connectivity index (χ3n) is 5.08. The van der Waals surface area contributed by atoms with Gasteiger partial charge in [0.15, 0.2) is 0 Å². The zero-order valence-corrected chi connectivity index (χ0v) is 16.2. The monoisotopic (exact) mass is 396 g/mol. The van der Waals surface area contributed by atoms with Crippen LogP contribution in [0.3, 0.4) is 0 Å². The van der Waals surface area contributed by atoms with Crippen molar-refractivity contribution in [2.24, 2.45) is 5.92 Å². The summed E-state index contributed by atoms with van der Waals surface area (Å²) < 4.78 is 18.5. The molecule has 0 radical (unpaired) electrons. The van der Waals surface area contributed by atoms with Crippen LogP contribution in [0.2, 0.25) is 0 Å². The van der Waals surface area contributed by atoms with Gasteiger partial charge in [-0.15, -0.1) is 0 Å². The molecule has 1 aliphatic rings. The topological polar surface area (TPSA) is 108 Å². The molecule has 0 bridgehead atoms. The summed E-state index contributed by atoms with van der Waals surface area (Å²) >= 11 is 0. The molecule has 28 heavy (non-hydrogen) atoms. The van der Waals surface area contributed by atoms with Crippen LogP contribution >= 0.6 is 0 Å². The maximum absolute atomic E-state index is 12.9. The molecule has 1 fully saturated rings. The fraction of sp³-hybridized carbons (Fsp3) is 0.600. The van der Waals surface area contributed by atoms with Gasteiger partial charge in [0.2, 0.25) is 11.8 Å². The van der Waals surface area contributed by atoms with Crippen LogP contribution in [0.15, 0.2) is 24.3 Å². The van der Waals surface area contributed by atoms with Crippen molar-refractivity contribution in [2.45, 2.75) is 64.1 Å². The minimum absolute atomic E-state index is 0.0707.